The Morgan fingerprint density at radius 3 is 2.47 bits per heavy atom. The lowest BCUT2D eigenvalue weighted by atomic mass is 9.96. The molecule has 1 aliphatic carbocycles. The molecule has 3 N–H and O–H groups in total. The highest BCUT2D eigenvalue weighted by molar-refractivity contribution is 5.85. The van der Waals surface area contributed by atoms with E-state index in [1.807, 2.05) is 7.05 Å². The Morgan fingerprint density at radius 2 is 2.12 bits per heavy atom. The van der Waals surface area contributed by atoms with Crippen LogP contribution in [0.1, 0.15) is 46.0 Å². The van der Waals surface area contributed by atoms with Gasteiger partial charge in [0.15, 0.2) is 0 Å². The molecule has 1 fully saturated rings. The van der Waals surface area contributed by atoms with Crippen molar-refractivity contribution in [1.82, 2.24) is 10.2 Å². The van der Waals surface area contributed by atoms with Gasteiger partial charge in [-0.2, -0.15) is 0 Å². The van der Waals surface area contributed by atoms with Gasteiger partial charge in [0.25, 0.3) is 0 Å². The second-order valence-electron chi connectivity index (χ2n) is 5.23. The van der Waals surface area contributed by atoms with Crippen LogP contribution >= 0.6 is 0 Å². The molecule has 0 bridgehead atoms. The maximum atomic E-state index is 11.6. The van der Waals surface area contributed by atoms with Crippen LogP contribution in [-0.4, -0.2) is 42.5 Å². The van der Waals surface area contributed by atoms with Gasteiger partial charge in [-0.25, -0.2) is 0 Å². The standard InChI is InChI=1S/C13H27N3O/c1-5-10(6-2)16(4)11-7-8-13(9-11,15-3)12(14)17/h10-11,15H,5-9H2,1-4H3,(H2,14,17). The molecule has 1 amide bonds. The summed E-state index contributed by atoms with van der Waals surface area (Å²) in [6, 6.07) is 1.08. The summed E-state index contributed by atoms with van der Waals surface area (Å²) >= 11 is 0. The van der Waals surface area contributed by atoms with Crippen LogP contribution in [0.2, 0.25) is 0 Å². The number of rotatable bonds is 6. The van der Waals surface area contributed by atoms with Crippen LogP contribution in [0.4, 0.5) is 0 Å². The molecule has 17 heavy (non-hydrogen) atoms. The lowest BCUT2D eigenvalue weighted by molar-refractivity contribution is -0.124. The van der Waals surface area contributed by atoms with Gasteiger partial charge in [0.1, 0.15) is 0 Å². The lowest BCUT2D eigenvalue weighted by Crippen LogP contribution is -2.53. The third-order valence-electron chi connectivity index (χ3n) is 4.53. The molecule has 1 saturated carbocycles. The molecule has 0 aromatic rings. The minimum Gasteiger partial charge on any atom is -0.368 e. The smallest absolute Gasteiger partial charge is 0.237 e. The fourth-order valence-corrected chi connectivity index (χ4v) is 3.10. The van der Waals surface area contributed by atoms with Gasteiger partial charge in [0.2, 0.25) is 5.91 Å². The Bertz CT molecular complexity index is 265. The van der Waals surface area contributed by atoms with Crippen molar-refractivity contribution >= 4 is 5.91 Å². The van der Waals surface area contributed by atoms with Gasteiger partial charge >= 0.3 is 0 Å². The highest BCUT2D eigenvalue weighted by Gasteiger charge is 2.44. The number of amides is 1. The van der Waals surface area contributed by atoms with E-state index in [1.165, 1.54) is 0 Å². The predicted molar refractivity (Wildman–Crippen MR) is 70.8 cm³/mol. The van der Waals surface area contributed by atoms with Crippen molar-refractivity contribution in [3.8, 4) is 0 Å². The maximum Gasteiger partial charge on any atom is 0.237 e. The predicted octanol–water partition coefficient (Wildman–Crippen LogP) is 1.10. The molecule has 1 rings (SSSR count). The van der Waals surface area contributed by atoms with Gasteiger partial charge in [-0.15, -0.1) is 0 Å². The first-order chi connectivity index (χ1) is 8.00. The van der Waals surface area contributed by atoms with E-state index in [4.69, 9.17) is 5.73 Å². The van der Waals surface area contributed by atoms with Gasteiger partial charge in [-0.3, -0.25) is 4.79 Å². The third-order valence-corrected chi connectivity index (χ3v) is 4.53. The fraction of sp³-hybridized carbons (Fsp3) is 0.923. The zero-order valence-corrected chi connectivity index (χ0v) is 11.6. The van der Waals surface area contributed by atoms with Gasteiger partial charge < -0.3 is 16.0 Å². The van der Waals surface area contributed by atoms with E-state index in [-0.39, 0.29) is 5.91 Å². The van der Waals surface area contributed by atoms with Crippen molar-refractivity contribution in [3.63, 3.8) is 0 Å². The Morgan fingerprint density at radius 1 is 1.53 bits per heavy atom. The SMILES string of the molecule is CCC(CC)N(C)C1CCC(NC)(C(N)=O)C1. The summed E-state index contributed by atoms with van der Waals surface area (Å²) in [7, 11) is 4.01. The summed E-state index contributed by atoms with van der Waals surface area (Å²) in [5.41, 5.74) is 5.05. The number of nitrogens with two attached hydrogens (primary N) is 1. The molecule has 100 valence electrons. The minimum absolute atomic E-state index is 0.208. The summed E-state index contributed by atoms with van der Waals surface area (Å²) in [5.74, 6) is -0.208. The first-order valence-electron chi connectivity index (χ1n) is 6.71. The molecule has 0 heterocycles. The van der Waals surface area contributed by atoms with Crippen LogP contribution in [-0.2, 0) is 4.79 Å². The second kappa shape index (κ2) is 5.83. The second-order valence-corrected chi connectivity index (χ2v) is 5.23. The molecule has 0 saturated heterocycles. The van der Waals surface area contributed by atoms with Crippen LogP contribution < -0.4 is 11.1 Å². The number of carbonyl (C=O) groups is 1. The monoisotopic (exact) mass is 241 g/mol. The highest BCUT2D eigenvalue weighted by Crippen LogP contribution is 2.33. The molecule has 0 spiro atoms. The first kappa shape index (κ1) is 14.5. The molecule has 2 unspecified atom stereocenters. The molecule has 0 aromatic heterocycles. The largest absolute Gasteiger partial charge is 0.368 e. The lowest BCUT2D eigenvalue weighted by Gasteiger charge is -2.33. The quantitative estimate of drug-likeness (QED) is 0.732. The first-order valence-corrected chi connectivity index (χ1v) is 6.71. The van der Waals surface area contributed by atoms with Crippen molar-refractivity contribution in [2.45, 2.75) is 63.6 Å². The number of nitrogens with zero attached hydrogens (tertiary/aromatic N) is 1. The Hall–Kier alpha value is -0.610. The zero-order valence-electron chi connectivity index (χ0n) is 11.6. The molecular weight excluding hydrogens is 214 g/mol. The molecule has 0 aliphatic heterocycles. The van der Waals surface area contributed by atoms with Crippen molar-refractivity contribution in [2.24, 2.45) is 5.73 Å². The number of hydrogen-bond acceptors (Lipinski definition) is 3. The number of hydrogen-bond donors (Lipinski definition) is 2. The number of nitrogens with one attached hydrogen (secondary N) is 1. The summed E-state index contributed by atoms with van der Waals surface area (Å²) in [6.45, 7) is 4.44. The van der Waals surface area contributed by atoms with E-state index in [2.05, 4.69) is 31.1 Å². The van der Waals surface area contributed by atoms with Crippen molar-refractivity contribution in [1.29, 1.82) is 0 Å². The molecule has 1 aliphatic rings. The number of primary amides is 1. The van der Waals surface area contributed by atoms with E-state index in [9.17, 15) is 4.79 Å². The highest BCUT2D eigenvalue weighted by atomic mass is 16.1. The van der Waals surface area contributed by atoms with E-state index in [0.29, 0.717) is 12.1 Å². The van der Waals surface area contributed by atoms with Crippen molar-refractivity contribution in [2.75, 3.05) is 14.1 Å². The summed E-state index contributed by atoms with van der Waals surface area (Å²) in [4.78, 5) is 14.0. The fourth-order valence-electron chi connectivity index (χ4n) is 3.10. The van der Waals surface area contributed by atoms with Gasteiger partial charge in [-0.05, 0) is 46.2 Å². The Balaban J connectivity index is 2.69. The van der Waals surface area contributed by atoms with E-state index in [1.54, 1.807) is 0 Å². The average Bonchev–Trinajstić information content (AvgIpc) is 2.76. The van der Waals surface area contributed by atoms with Crippen molar-refractivity contribution in [3.05, 3.63) is 0 Å². The molecule has 0 aromatic carbocycles. The van der Waals surface area contributed by atoms with E-state index in [0.717, 1.165) is 32.1 Å². The summed E-state index contributed by atoms with van der Waals surface area (Å²) in [5, 5.41) is 3.14. The molecule has 4 heteroatoms. The zero-order chi connectivity index (χ0) is 13.1. The molecular formula is C13H27N3O. The van der Waals surface area contributed by atoms with Gasteiger partial charge in [-0.1, -0.05) is 13.8 Å². The van der Waals surface area contributed by atoms with Crippen LogP contribution in [0.3, 0.4) is 0 Å². The van der Waals surface area contributed by atoms with Crippen LogP contribution in [0.5, 0.6) is 0 Å². The maximum absolute atomic E-state index is 11.6. The van der Waals surface area contributed by atoms with Crippen LogP contribution in [0.15, 0.2) is 0 Å². The summed E-state index contributed by atoms with van der Waals surface area (Å²) < 4.78 is 0. The number of carbonyl (C=O) groups excluding carboxylic acids is 1. The van der Waals surface area contributed by atoms with Crippen LogP contribution in [0.25, 0.3) is 0 Å². The van der Waals surface area contributed by atoms with E-state index >= 15 is 0 Å². The Labute approximate surface area is 105 Å². The number of likely N-dealkylation sites (N-methyl/N-ethyl adjacent to an activating group) is 1. The molecule has 0 radical (unpaired) electrons. The normalized spacial score (nSPS) is 29.2. The van der Waals surface area contributed by atoms with E-state index < -0.39 is 5.54 Å². The average molecular weight is 241 g/mol. The van der Waals surface area contributed by atoms with Crippen molar-refractivity contribution < 1.29 is 4.79 Å². The topological polar surface area (TPSA) is 58.4 Å². The molecule has 4 nitrogen and oxygen atoms in total. The molecule has 2 atom stereocenters. The van der Waals surface area contributed by atoms with Crippen LogP contribution in [0, 0.1) is 0 Å². The minimum atomic E-state index is -0.481. The van der Waals surface area contributed by atoms with Gasteiger partial charge in [0.05, 0.1) is 5.54 Å². The summed E-state index contributed by atoms with van der Waals surface area (Å²) in [6.07, 6.45) is 5.07. The van der Waals surface area contributed by atoms with Gasteiger partial charge in [0, 0.05) is 12.1 Å². The third kappa shape index (κ3) is 2.80. The Kier molecular flexibility index (Phi) is 4.95.